The molecule has 7 aromatic rings. The van der Waals surface area contributed by atoms with Gasteiger partial charge in [0.05, 0.1) is 22.1 Å². The first-order valence-corrected chi connectivity index (χ1v) is 9.88. The fourth-order valence-corrected chi connectivity index (χ4v) is 4.43. The topological polar surface area (TPSA) is 68.5 Å². The highest BCUT2D eigenvalue weighted by molar-refractivity contribution is 6.38. The number of benzene rings is 3. The van der Waals surface area contributed by atoms with Crippen molar-refractivity contribution in [3.8, 4) is 11.6 Å². The van der Waals surface area contributed by atoms with E-state index in [0.29, 0.717) is 22.8 Å². The average molecular weight is 400 g/mol. The van der Waals surface area contributed by atoms with Crippen molar-refractivity contribution in [1.29, 1.82) is 0 Å². The predicted octanol–water partition coefficient (Wildman–Crippen LogP) is 4.23. The van der Waals surface area contributed by atoms with Crippen molar-refractivity contribution in [1.82, 2.24) is 18.9 Å². The third-order valence-corrected chi connectivity index (χ3v) is 5.80. The van der Waals surface area contributed by atoms with Crippen molar-refractivity contribution in [3.63, 3.8) is 0 Å². The molecule has 144 valence electrons. The Hall–Kier alpha value is -4.26. The molecule has 6 nitrogen and oxygen atoms in total. The van der Waals surface area contributed by atoms with Crippen LogP contribution in [0.3, 0.4) is 0 Å². The van der Waals surface area contributed by atoms with Gasteiger partial charge in [-0.1, -0.05) is 35.8 Å². The molecule has 0 fully saturated rings. The Bertz CT molecular complexity index is 1830. The number of para-hydroxylation sites is 2. The van der Waals surface area contributed by atoms with Crippen molar-refractivity contribution < 1.29 is 9.52 Å². The Labute approximate surface area is 176 Å². The van der Waals surface area contributed by atoms with Gasteiger partial charge in [0, 0.05) is 16.8 Å². The number of furan rings is 1. The third kappa shape index (κ3) is 2.12. The zero-order valence-electron chi connectivity index (χ0n) is 16.1. The van der Waals surface area contributed by atoms with E-state index in [1.165, 1.54) is 0 Å². The van der Waals surface area contributed by atoms with E-state index < -0.39 is 0 Å². The molecule has 0 amide bonds. The van der Waals surface area contributed by atoms with Crippen LogP contribution in [0, 0.1) is 0 Å². The standard InChI is InChI=1S/C24H13BN4O2/c25-16-5-3-6-18-22(16)27-24-28(18)17-10-8-13(30)12-19(17)29(24)21-11-9-15-14-4-1-2-7-20(14)31-23(15)26-21/h1-12,30H. The summed E-state index contributed by atoms with van der Waals surface area (Å²) < 4.78 is 9.95. The second-order valence-corrected chi connectivity index (χ2v) is 7.59. The molecular weight excluding hydrogens is 387 g/mol. The van der Waals surface area contributed by atoms with Crippen LogP contribution in [0.4, 0.5) is 0 Å². The lowest BCUT2D eigenvalue weighted by Gasteiger charge is -2.04. The van der Waals surface area contributed by atoms with Gasteiger partial charge < -0.3 is 9.52 Å². The van der Waals surface area contributed by atoms with Crippen molar-refractivity contribution in [3.05, 3.63) is 72.8 Å². The van der Waals surface area contributed by atoms with Gasteiger partial charge in [0.25, 0.3) is 0 Å². The fraction of sp³-hybridized carbons (Fsp3) is 0. The summed E-state index contributed by atoms with van der Waals surface area (Å²) in [6.45, 7) is 0. The quantitative estimate of drug-likeness (QED) is 0.419. The van der Waals surface area contributed by atoms with E-state index >= 15 is 0 Å². The maximum absolute atomic E-state index is 10.2. The van der Waals surface area contributed by atoms with Crippen LogP contribution in [-0.4, -0.2) is 31.9 Å². The minimum atomic E-state index is 0.170. The van der Waals surface area contributed by atoms with Gasteiger partial charge in [-0.05, 0) is 36.4 Å². The molecule has 0 aliphatic carbocycles. The number of imidazole rings is 2. The summed E-state index contributed by atoms with van der Waals surface area (Å²) in [7, 11) is 6.20. The van der Waals surface area contributed by atoms with Gasteiger partial charge in [0.2, 0.25) is 11.5 Å². The van der Waals surface area contributed by atoms with Crippen LogP contribution in [0.15, 0.2) is 77.2 Å². The number of fused-ring (bicyclic) bond motifs is 8. The van der Waals surface area contributed by atoms with E-state index in [1.807, 2.05) is 69.6 Å². The number of phenols is 1. The van der Waals surface area contributed by atoms with Gasteiger partial charge in [-0.3, -0.25) is 8.97 Å². The largest absolute Gasteiger partial charge is 0.508 e. The summed E-state index contributed by atoms with van der Waals surface area (Å²) in [6, 6.07) is 22.8. The first-order valence-electron chi connectivity index (χ1n) is 9.88. The molecule has 0 unspecified atom stereocenters. The second-order valence-electron chi connectivity index (χ2n) is 7.59. The van der Waals surface area contributed by atoms with Crippen molar-refractivity contribution in [2.24, 2.45) is 0 Å². The van der Waals surface area contributed by atoms with E-state index in [0.717, 1.165) is 38.4 Å². The van der Waals surface area contributed by atoms with Crippen molar-refractivity contribution in [2.75, 3.05) is 0 Å². The van der Waals surface area contributed by atoms with Crippen LogP contribution in [-0.2, 0) is 0 Å². The molecule has 7 heteroatoms. The molecule has 7 rings (SSSR count). The Morgan fingerprint density at radius 1 is 0.806 bits per heavy atom. The maximum Gasteiger partial charge on any atom is 0.229 e. The Morgan fingerprint density at radius 3 is 2.65 bits per heavy atom. The SMILES string of the molecule is [B]c1cccc2c1nc1n(-c3ccc4c(n3)oc3ccccc34)c3cc(O)ccc3n21. The van der Waals surface area contributed by atoms with Gasteiger partial charge >= 0.3 is 0 Å². The summed E-state index contributed by atoms with van der Waals surface area (Å²) in [6.07, 6.45) is 0. The number of pyridine rings is 1. The fourth-order valence-electron chi connectivity index (χ4n) is 4.43. The summed E-state index contributed by atoms with van der Waals surface area (Å²) in [5.41, 5.74) is 5.26. The zero-order valence-corrected chi connectivity index (χ0v) is 16.1. The van der Waals surface area contributed by atoms with Crippen molar-refractivity contribution >= 4 is 63.2 Å². The van der Waals surface area contributed by atoms with Crippen LogP contribution < -0.4 is 5.46 Å². The molecule has 0 saturated heterocycles. The molecule has 1 N–H and O–H groups in total. The molecule has 0 saturated carbocycles. The molecule has 31 heavy (non-hydrogen) atoms. The minimum absolute atomic E-state index is 0.170. The zero-order chi connectivity index (χ0) is 20.7. The molecule has 0 spiro atoms. The van der Waals surface area contributed by atoms with E-state index in [9.17, 15) is 5.11 Å². The first-order chi connectivity index (χ1) is 15.2. The van der Waals surface area contributed by atoms with Gasteiger partial charge in [-0.2, -0.15) is 4.98 Å². The molecule has 0 bridgehead atoms. The predicted molar refractivity (Wildman–Crippen MR) is 122 cm³/mol. The van der Waals surface area contributed by atoms with Crippen molar-refractivity contribution in [2.45, 2.75) is 0 Å². The number of nitrogens with zero attached hydrogens (tertiary/aromatic N) is 4. The van der Waals surface area contributed by atoms with E-state index in [2.05, 4.69) is 0 Å². The highest BCUT2D eigenvalue weighted by atomic mass is 16.3. The van der Waals surface area contributed by atoms with Gasteiger partial charge in [-0.25, -0.2) is 4.98 Å². The molecule has 0 aliphatic heterocycles. The maximum atomic E-state index is 10.2. The van der Waals surface area contributed by atoms with Gasteiger partial charge in [0.15, 0.2) is 0 Å². The summed E-state index contributed by atoms with van der Waals surface area (Å²) in [5, 5.41) is 12.2. The van der Waals surface area contributed by atoms with Gasteiger partial charge in [-0.15, -0.1) is 0 Å². The Morgan fingerprint density at radius 2 is 1.71 bits per heavy atom. The summed E-state index contributed by atoms with van der Waals surface area (Å²) in [5.74, 6) is 1.48. The number of aromatic hydroxyl groups is 1. The first kappa shape index (κ1) is 16.5. The molecule has 4 heterocycles. The highest BCUT2D eigenvalue weighted by Gasteiger charge is 2.20. The average Bonchev–Trinajstić information content (AvgIpc) is 3.42. The Balaban J connectivity index is 1.64. The number of hydrogen-bond acceptors (Lipinski definition) is 4. The normalized spacial score (nSPS) is 12.1. The van der Waals surface area contributed by atoms with E-state index in [-0.39, 0.29) is 5.75 Å². The molecule has 0 aliphatic rings. The smallest absolute Gasteiger partial charge is 0.229 e. The monoisotopic (exact) mass is 400 g/mol. The number of phenolic OH excluding ortho intramolecular Hbond substituents is 1. The lowest BCUT2D eigenvalue weighted by Crippen LogP contribution is -2.03. The lowest BCUT2D eigenvalue weighted by molar-refractivity contribution is 0.476. The molecular formula is C24H13BN4O2. The Kier molecular flexibility index (Phi) is 3.02. The van der Waals surface area contributed by atoms with E-state index in [1.54, 1.807) is 12.1 Å². The van der Waals surface area contributed by atoms with Gasteiger partial charge in [0.1, 0.15) is 25.0 Å². The summed E-state index contributed by atoms with van der Waals surface area (Å²) in [4.78, 5) is 9.64. The molecule has 0 atom stereocenters. The van der Waals surface area contributed by atoms with Crippen LogP contribution in [0.1, 0.15) is 0 Å². The van der Waals surface area contributed by atoms with Crippen LogP contribution in [0.2, 0.25) is 0 Å². The minimum Gasteiger partial charge on any atom is -0.508 e. The number of hydrogen-bond donors (Lipinski definition) is 1. The highest BCUT2D eigenvalue weighted by Crippen LogP contribution is 2.32. The van der Waals surface area contributed by atoms with Crippen LogP contribution in [0.5, 0.6) is 5.75 Å². The van der Waals surface area contributed by atoms with Crippen LogP contribution >= 0.6 is 0 Å². The molecule has 4 aromatic heterocycles. The third-order valence-electron chi connectivity index (χ3n) is 5.80. The summed E-state index contributed by atoms with van der Waals surface area (Å²) >= 11 is 0. The molecule has 3 aromatic carbocycles. The molecule has 2 radical (unpaired) electrons. The number of rotatable bonds is 1. The second kappa shape index (κ2) is 5.67. The van der Waals surface area contributed by atoms with Crippen LogP contribution in [0.25, 0.3) is 55.7 Å². The number of aromatic nitrogens is 4. The lowest BCUT2D eigenvalue weighted by atomic mass is 9.95. The van der Waals surface area contributed by atoms with E-state index in [4.69, 9.17) is 22.2 Å².